The molecule has 25 heavy (non-hydrogen) atoms. The molecule has 6 heteroatoms. The predicted octanol–water partition coefficient (Wildman–Crippen LogP) is 5.65. The van der Waals surface area contributed by atoms with Gasteiger partial charge >= 0.3 is 0 Å². The number of aryl methyl sites for hydroxylation is 2. The van der Waals surface area contributed by atoms with Crippen LogP contribution in [0.25, 0.3) is 0 Å². The second-order valence-corrected chi connectivity index (χ2v) is 7.60. The quantitative estimate of drug-likeness (QED) is 0.556. The lowest BCUT2D eigenvalue weighted by atomic mass is 10.1. The molecule has 0 bridgehead atoms. The van der Waals surface area contributed by atoms with E-state index in [-0.39, 0.29) is 6.10 Å². The van der Waals surface area contributed by atoms with Crippen molar-refractivity contribution in [3.05, 3.63) is 63.1 Å². The second-order valence-electron chi connectivity index (χ2n) is 6.20. The highest BCUT2D eigenvalue weighted by Gasteiger charge is 2.44. The summed E-state index contributed by atoms with van der Waals surface area (Å²) in [5.74, 6) is -0.0972. The van der Waals surface area contributed by atoms with Crippen LogP contribution < -0.4 is 4.74 Å². The van der Waals surface area contributed by atoms with Gasteiger partial charge in [0.2, 0.25) is 5.79 Å². The third kappa shape index (κ3) is 4.32. The normalized spacial score (nSPS) is 23.0. The van der Waals surface area contributed by atoms with Crippen molar-refractivity contribution >= 4 is 39.1 Å². The molecular formula is C19H19BrCl2O3. The average molecular weight is 446 g/mol. The zero-order valence-corrected chi connectivity index (χ0v) is 17.1. The fourth-order valence-corrected chi connectivity index (χ4v) is 4.08. The molecule has 2 unspecified atom stereocenters. The number of benzene rings is 2. The van der Waals surface area contributed by atoms with Gasteiger partial charge in [0, 0.05) is 10.6 Å². The number of hydrogen-bond donors (Lipinski definition) is 0. The van der Waals surface area contributed by atoms with E-state index in [2.05, 4.69) is 22.0 Å². The van der Waals surface area contributed by atoms with Crippen LogP contribution in [0.15, 0.2) is 36.4 Å². The van der Waals surface area contributed by atoms with Crippen molar-refractivity contribution in [2.75, 3.05) is 18.5 Å². The third-order valence-electron chi connectivity index (χ3n) is 4.01. The van der Waals surface area contributed by atoms with Gasteiger partial charge < -0.3 is 14.2 Å². The summed E-state index contributed by atoms with van der Waals surface area (Å²) < 4.78 is 18.0. The van der Waals surface area contributed by atoms with E-state index in [1.54, 1.807) is 12.1 Å². The first-order valence-electron chi connectivity index (χ1n) is 7.96. The summed E-state index contributed by atoms with van der Waals surface area (Å²) in [6, 6.07) is 11.4. The molecule has 1 aliphatic heterocycles. The van der Waals surface area contributed by atoms with E-state index in [0.717, 1.165) is 11.3 Å². The van der Waals surface area contributed by atoms with Gasteiger partial charge in [0.15, 0.2) is 0 Å². The molecule has 134 valence electrons. The summed E-state index contributed by atoms with van der Waals surface area (Å²) in [6.45, 7) is 4.93. The van der Waals surface area contributed by atoms with Gasteiger partial charge in [-0.25, -0.2) is 0 Å². The fraction of sp³-hybridized carbons (Fsp3) is 0.368. The fourth-order valence-electron chi connectivity index (χ4n) is 2.93. The average Bonchev–Trinajstić information content (AvgIpc) is 2.97. The van der Waals surface area contributed by atoms with Crippen LogP contribution in [0.5, 0.6) is 5.75 Å². The monoisotopic (exact) mass is 444 g/mol. The van der Waals surface area contributed by atoms with E-state index >= 15 is 0 Å². The van der Waals surface area contributed by atoms with Gasteiger partial charge in [-0.05, 0) is 49.2 Å². The minimum Gasteiger partial charge on any atom is -0.491 e. The number of halogens is 3. The van der Waals surface area contributed by atoms with Gasteiger partial charge in [0.05, 0.1) is 17.0 Å². The maximum Gasteiger partial charge on any atom is 0.206 e. The van der Waals surface area contributed by atoms with E-state index in [9.17, 15) is 0 Å². The molecular weight excluding hydrogens is 427 g/mol. The molecule has 2 aromatic carbocycles. The van der Waals surface area contributed by atoms with Crippen molar-refractivity contribution in [1.82, 2.24) is 0 Å². The van der Waals surface area contributed by atoms with E-state index in [0.29, 0.717) is 28.6 Å². The Balaban J connectivity index is 1.70. The minimum atomic E-state index is -0.932. The first kappa shape index (κ1) is 19.0. The van der Waals surface area contributed by atoms with Crippen molar-refractivity contribution in [3.8, 4) is 5.75 Å². The molecule has 0 spiro atoms. The lowest BCUT2D eigenvalue weighted by Gasteiger charge is -2.27. The summed E-state index contributed by atoms with van der Waals surface area (Å²) >= 11 is 15.8. The molecule has 0 aliphatic carbocycles. The number of ether oxygens (including phenoxy) is 3. The number of alkyl halides is 1. The number of hydrogen-bond acceptors (Lipinski definition) is 3. The SMILES string of the molecule is Cc1cc(C)cc(OCC2COC(CBr)(c3ccc(Cl)cc3Cl)O2)c1. The zero-order chi connectivity index (χ0) is 18.0. The van der Waals surface area contributed by atoms with Crippen LogP contribution in [0.3, 0.4) is 0 Å². The summed E-state index contributed by atoms with van der Waals surface area (Å²) in [7, 11) is 0. The van der Waals surface area contributed by atoms with Crippen molar-refractivity contribution in [2.24, 2.45) is 0 Å². The summed E-state index contributed by atoms with van der Waals surface area (Å²) in [4.78, 5) is 0. The Morgan fingerprint density at radius 3 is 2.52 bits per heavy atom. The zero-order valence-electron chi connectivity index (χ0n) is 14.0. The molecule has 2 aromatic rings. The van der Waals surface area contributed by atoms with E-state index in [4.69, 9.17) is 37.4 Å². The highest BCUT2D eigenvalue weighted by Crippen LogP contribution is 2.40. The standard InChI is InChI=1S/C19H19BrCl2O3/c1-12-5-13(2)7-15(6-12)23-9-16-10-24-19(11-20,25-16)17-4-3-14(21)8-18(17)22/h3-8,16H,9-11H2,1-2H3. The van der Waals surface area contributed by atoms with Crippen LogP contribution in [-0.4, -0.2) is 24.6 Å². The summed E-state index contributed by atoms with van der Waals surface area (Å²) in [5, 5.41) is 1.55. The van der Waals surface area contributed by atoms with Crippen LogP contribution in [0.4, 0.5) is 0 Å². The van der Waals surface area contributed by atoms with Gasteiger partial charge in [-0.1, -0.05) is 51.3 Å². The smallest absolute Gasteiger partial charge is 0.206 e. The van der Waals surface area contributed by atoms with Gasteiger partial charge in [-0.2, -0.15) is 0 Å². The van der Waals surface area contributed by atoms with Gasteiger partial charge in [-0.3, -0.25) is 0 Å². The highest BCUT2D eigenvalue weighted by atomic mass is 79.9. The Bertz CT molecular complexity index is 748. The summed E-state index contributed by atoms with van der Waals surface area (Å²) in [5.41, 5.74) is 3.09. The molecule has 3 rings (SSSR count). The highest BCUT2D eigenvalue weighted by molar-refractivity contribution is 9.09. The van der Waals surface area contributed by atoms with Crippen LogP contribution in [0, 0.1) is 13.8 Å². The molecule has 3 nitrogen and oxygen atoms in total. The van der Waals surface area contributed by atoms with Crippen LogP contribution in [0.2, 0.25) is 10.0 Å². The Hall–Kier alpha value is -0.780. The molecule has 1 fully saturated rings. The Kier molecular flexibility index (Phi) is 5.96. The molecule has 1 saturated heterocycles. The van der Waals surface area contributed by atoms with Crippen molar-refractivity contribution in [2.45, 2.75) is 25.7 Å². The van der Waals surface area contributed by atoms with Crippen LogP contribution in [0.1, 0.15) is 16.7 Å². The molecule has 0 amide bonds. The van der Waals surface area contributed by atoms with E-state index in [1.165, 1.54) is 11.1 Å². The van der Waals surface area contributed by atoms with E-state index < -0.39 is 5.79 Å². The molecule has 0 aromatic heterocycles. The first-order chi connectivity index (χ1) is 11.9. The number of rotatable bonds is 5. The van der Waals surface area contributed by atoms with Crippen molar-refractivity contribution in [1.29, 1.82) is 0 Å². The van der Waals surface area contributed by atoms with Crippen LogP contribution >= 0.6 is 39.1 Å². The van der Waals surface area contributed by atoms with Gasteiger partial charge in [-0.15, -0.1) is 0 Å². The first-order valence-corrected chi connectivity index (χ1v) is 9.84. The minimum absolute atomic E-state index is 0.190. The molecule has 1 aliphatic rings. The molecule has 0 saturated carbocycles. The van der Waals surface area contributed by atoms with E-state index in [1.807, 2.05) is 32.0 Å². The molecule has 2 atom stereocenters. The second kappa shape index (κ2) is 7.85. The van der Waals surface area contributed by atoms with Crippen molar-refractivity contribution in [3.63, 3.8) is 0 Å². The molecule has 0 N–H and O–H groups in total. The lowest BCUT2D eigenvalue weighted by molar-refractivity contribution is -0.159. The Morgan fingerprint density at radius 1 is 1.16 bits per heavy atom. The molecule has 0 radical (unpaired) electrons. The van der Waals surface area contributed by atoms with Gasteiger partial charge in [0.25, 0.3) is 0 Å². The largest absolute Gasteiger partial charge is 0.491 e. The molecule has 1 heterocycles. The van der Waals surface area contributed by atoms with Crippen LogP contribution in [-0.2, 0) is 15.3 Å². The summed E-state index contributed by atoms with van der Waals surface area (Å²) in [6.07, 6.45) is -0.190. The lowest BCUT2D eigenvalue weighted by Crippen LogP contribution is -2.31. The van der Waals surface area contributed by atoms with Gasteiger partial charge in [0.1, 0.15) is 18.5 Å². The maximum absolute atomic E-state index is 6.34. The Labute approximate surface area is 166 Å². The predicted molar refractivity (Wildman–Crippen MR) is 104 cm³/mol. The Morgan fingerprint density at radius 2 is 1.88 bits per heavy atom. The topological polar surface area (TPSA) is 27.7 Å². The van der Waals surface area contributed by atoms with Crippen molar-refractivity contribution < 1.29 is 14.2 Å². The third-order valence-corrected chi connectivity index (χ3v) is 5.29. The maximum atomic E-state index is 6.34.